The number of benzene rings is 1. The summed E-state index contributed by atoms with van der Waals surface area (Å²) in [6.07, 6.45) is 4.66. The van der Waals surface area contributed by atoms with E-state index in [4.69, 9.17) is 33.3 Å². The van der Waals surface area contributed by atoms with Crippen LogP contribution in [0.15, 0.2) is 55.5 Å². The lowest BCUT2D eigenvalue weighted by molar-refractivity contribution is -0.0414. The fourth-order valence-corrected chi connectivity index (χ4v) is 9.06. The van der Waals surface area contributed by atoms with Crippen molar-refractivity contribution in [2.24, 2.45) is 5.92 Å². The summed E-state index contributed by atoms with van der Waals surface area (Å²) in [5.41, 5.74) is 2.64. The quantitative estimate of drug-likeness (QED) is 0.0975. The standard InChI is InChI=1S/C39H63N7O5Si3/c1-16-22-48-34-31-33(41-36(42-34)46-24-29(43-44-46)27-20-18-17-19-21-27)45(26-40-31)35-28(23-39(8,9)52(10,11)47)32(51-54(14,15)38(5,6)7)30(50-35)25-49-53(12,13)37(2,3)4/h16-21,24,26,28,30,32,35,47H,1,22-23,25H2,2-15H3/t28-,30+,32?,35+/m0/s1. The van der Waals surface area contributed by atoms with Gasteiger partial charge in [0.2, 0.25) is 5.88 Å². The molecule has 0 saturated carbocycles. The molecular weight excluding hydrogens is 731 g/mol. The smallest absolute Gasteiger partial charge is 0.257 e. The van der Waals surface area contributed by atoms with Crippen LogP contribution in [0, 0.1) is 5.92 Å². The molecule has 0 radical (unpaired) electrons. The van der Waals surface area contributed by atoms with E-state index in [2.05, 4.69) is 98.5 Å². The average Bonchev–Trinajstić information content (AvgIpc) is 3.79. The monoisotopic (exact) mass is 793 g/mol. The lowest BCUT2D eigenvalue weighted by Gasteiger charge is -2.44. The Balaban J connectivity index is 1.67. The molecule has 4 aromatic rings. The Morgan fingerprint density at radius 1 is 0.926 bits per heavy atom. The summed E-state index contributed by atoms with van der Waals surface area (Å²) in [5.74, 6) is 0.408. The normalized spacial score (nSPS) is 20.5. The van der Waals surface area contributed by atoms with E-state index in [1.165, 1.54) is 0 Å². The van der Waals surface area contributed by atoms with Gasteiger partial charge in [-0.2, -0.15) is 14.6 Å². The lowest BCUT2D eigenvalue weighted by Crippen LogP contribution is -2.51. The maximum absolute atomic E-state index is 11.6. The van der Waals surface area contributed by atoms with E-state index >= 15 is 0 Å². The van der Waals surface area contributed by atoms with Crippen molar-refractivity contribution >= 4 is 36.1 Å². The number of fused-ring (bicyclic) bond motifs is 1. The number of rotatable bonds is 14. The van der Waals surface area contributed by atoms with E-state index < -0.39 is 31.2 Å². The third-order valence-corrected chi connectivity index (χ3v) is 24.8. The molecule has 15 heteroatoms. The van der Waals surface area contributed by atoms with Gasteiger partial charge in [-0.25, -0.2) is 4.98 Å². The Hall–Kier alpha value is -3.06. The van der Waals surface area contributed by atoms with Gasteiger partial charge in [-0.3, -0.25) is 4.57 Å². The highest BCUT2D eigenvalue weighted by Crippen LogP contribution is 2.52. The van der Waals surface area contributed by atoms with Crippen LogP contribution in [0.1, 0.15) is 68.0 Å². The number of nitrogens with zero attached hydrogens (tertiary/aromatic N) is 7. The molecule has 0 spiro atoms. The van der Waals surface area contributed by atoms with Crippen LogP contribution in [0.25, 0.3) is 28.4 Å². The summed E-state index contributed by atoms with van der Waals surface area (Å²) in [7, 11) is -7.15. The van der Waals surface area contributed by atoms with Gasteiger partial charge >= 0.3 is 0 Å². The van der Waals surface area contributed by atoms with Crippen LogP contribution in [0.4, 0.5) is 0 Å². The van der Waals surface area contributed by atoms with Crippen LogP contribution in [-0.4, -0.2) is 89.7 Å². The first-order valence-electron chi connectivity index (χ1n) is 19.0. The summed E-state index contributed by atoms with van der Waals surface area (Å²) in [6.45, 7) is 35.5. The molecule has 1 fully saturated rings. The lowest BCUT2D eigenvalue weighted by atomic mass is 9.89. The maximum Gasteiger partial charge on any atom is 0.257 e. The van der Waals surface area contributed by atoms with Gasteiger partial charge in [-0.1, -0.05) is 104 Å². The topological polar surface area (TPSA) is 131 Å². The Bertz CT molecular complexity index is 1910. The number of aromatic nitrogens is 7. The number of ether oxygens (including phenoxy) is 2. The van der Waals surface area contributed by atoms with Crippen LogP contribution in [0.3, 0.4) is 0 Å². The molecule has 1 saturated heterocycles. The molecule has 4 heterocycles. The van der Waals surface area contributed by atoms with E-state index in [1.807, 2.05) is 48.0 Å². The zero-order chi connectivity index (χ0) is 40.1. The van der Waals surface area contributed by atoms with Crippen LogP contribution >= 0.6 is 0 Å². The van der Waals surface area contributed by atoms with Gasteiger partial charge in [0, 0.05) is 11.5 Å². The summed E-state index contributed by atoms with van der Waals surface area (Å²) in [6, 6.07) is 9.85. The molecular formula is C39H63N7O5Si3. The Labute approximate surface area is 325 Å². The fourth-order valence-electron chi connectivity index (χ4n) is 5.95. The molecule has 12 nitrogen and oxygen atoms in total. The van der Waals surface area contributed by atoms with Crippen molar-refractivity contribution in [3.63, 3.8) is 0 Å². The third kappa shape index (κ3) is 8.66. The molecule has 1 aliphatic rings. The van der Waals surface area contributed by atoms with Crippen molar-refractivity contribution in [3.8, 4) is 23.1 Å². The molecule has 0 bridgehead atoms. The predicted octanol–water partition coefficient (Wildman–Crippen LogP) is 8.93. The zero-order valence-electron chi connectivity index (χ0n) is 35.0. The Kier molecular flexibility index (Phi) is 11.8. The van der Waals surface area contributed by atoms with Crippen LogP contribution in [0.5, 0.6) is 5.88 Å². The van der Waals surface area contributed by atoms with Gasteiger partial charge in [0.05, 0.1) is 25.2 Å². The van der Waals surface area contributed by atoms with Gasteiger partial charge in [0.15, 0.2) is 36.1 Å². The van der Waals surface area contributed by atoms with Crippen LogP contribution in [-0.2, 0) is 13.6 Å². The third-order valence-electron chi connectivity index (χ3n) is 12.3. The number of hydrogen-bond donors (Lipinski definition) is 1. The first kappa shape index (κ1) is 42.1. The summed E-state index contributed by atoms with van der Waals surface area (Å²) >= 11 is 0. The van der Waals surface area contributed by atoms with Crippen LogP contribution in [0.2, 0.25) is 54.4 Å². The molecule has 54 heavy (non-hydrogen) atoms. The van der Waals surface area contributed by atoms with Crippen molar-refractivity contribution in [2.45, 2.75) is 135 Å². The molecule has 296 valence electrons. The summed E-state index contributed by atoms with van der Waals surface area (Å²) in [5, 5.41) is 8.41. The molecule has 1 unspecified atom stereocenters. The Morgan fingerprint density at radius 3 is 2.17 bits per heavy atom. The molecule has 1 aliphatic heterocycles. The second-order valence-electron chi connectivity index (χ2n) is 19.0. The molecule has 4 atom stereocenters. The largest absolute Gasteiger partial charge is 0.472 e. The minimum atomic E-state index is -2.67. The van der Waals surface area contributed by atoms with Gasteiger partial charge in [-0.05, 0) is 60.8 Å². The van der Waals surface area contributed by atoms with Crippen molar-refractivity contribution in [2.75, 3.05) is 13.2 Å². The second kappa shape index (κ2) is 15.1. The predicted molar refractivity (Wildman–Crippen MR) is 222 cm³/mol. The van der Waals surface area contributed by atoms with Gasteiger partial charge in [0.25, 0.3) is 5.95 Å². The fraction of sp³-hybridized carbons (Fsp3) is 0.615. The highest BCUT2D eigenvalue weighted by Gasteiger charge is 2.54. The van der Waals surface area contributed by atoms with Gasteiger partial charge in [0.1, 0.15) is 24.6 Å². The molecule has 5 rings (SSSR count). The van der Waals surface area contributed by atoms with Gasteiger partial charge < -0.3 is 23.1 Å². The van der Waals surface area contributed by atoms with E-state index in [9.17, 15) is 4.80 Å². The summed E-state index contributed by atoms with van der Waals surface area (Å²) in [4.78, 5) is 26.3. The van der Waals surface area contributed by atoms with Crippen molar-refractivity contribution < 1.29 is 23.1 Å². The molecule has 1 aromatic carbocycles. The van der Waals surface area contributed by atoms with Crippen LogP contribution < -0.4 is 4.74 Å². The molecule has 0 aliphatic carbocycles. The highest BCUT2D eigenvalue weighted by molar-refractivity contribution is 6.74. The van der Waals surface area contributed by atoms with Crippen molar-refractivity contribution in [3.05, 3.63) is 55.5 Å². The summed E-state index contributed by atoms with van der Waals surface area (Å²) < 4.78 is 31.1. The first-order valence-corrected chi connectivity index (χ1v) is 27.8. The van der Waals surface area contributed by atoms with Crippen molar-refractivity contribution in [1.29, 1.82) is 0 Å². The minimum Gasteiger partial charge on any atom is -0.472 e. The SMILES string of the molecule is C=CCOc1nc(-n2cc(-c3ccccc3)nn2)nc2c1ncn2[C@@H]1O[C@H](CO[Si](C)(C)C(C)(C)C)C(O[Si](C)(C)C(C)(C)C)[C@@H]1CC(C)(C)[Si](C)(C)O. The first-order chi connectivity index (χ1) is 24.9. The van der Waals surface area contributed by atoms with Crippen molar-refractivity contribution in [1.82, 2.24) is 34.5 Å². The van der Waals surface area contributed by atoms with E-state index in [0.717, 1.165) is 5.56 Å². The molecule has 1 N–H and O–H groups in total. The number of imidazole rings is 1. The minimum absolute atomic E-state index is 0.0200. The average molecular weight is 794 g/mol. The highest BCUT2D eigenvalue weighted by atomic mass is 28.4. The molecule has 0 amide bonds. The molecule has 3 aromatic heterocycles. The van der Waals surface area contributed by atoms with E-state index in [1.54, 1.807) is 23.3 Å². The Morgan fingerprint density at radius 2 is 1.57 bits per heavy atom. The second-order valence-corrected chi connectivity index (χ2v) is 33.0. The number of hydrogen-bond acceptors (Lipinski definition) is 10. The van der Waals surface area contributed by atoms with E-state index in [-0.39, 0.29) is 45.8 Å². The van der Waals surface area contributed by atoms with E-state index in [0.29, 0.717) is 35.8 Å². The maximum atomic E-state index is 11.6. The zero-order valence-corrected chi connectivity index (χ0v) is 38.0. The van der Waals surface area contributed by atoms with Gasteiger partial charge in [-0.15, -0.1) is 5.10 Å².